The van der Waals surface area contributed by atoms with Gasteiger partial charge in [-0.1, -0.05) is 6.07 Å². The topological polar surface area (TPSA) is 54.0 Å². The van der Waals surface area contributed by atoms with Crippen LogP contribution in [0.15, 0.2) is 24.4 Å². The van der Waals surface area contributed by atoms with Gasteiger partial charge in [0.2, 0.25) is 5.91 Å². The lowest BCUT2D eigenvalue weighted by Gasteiger charge is -2.15. The van der Waals surface area contributed by atoms with Gasteiger partial charge in [-0.2, -0.15) is 0 Å². The maximum Gasteiger partial charge on any atom is 0.242 e. The molecule has 0 aliphatic carbocycles. The van der Waals surface area contributed by atoms with Crippen LogP contribution in [0, 0.1) is 0 Å². The first-order chi connectivity index (χ1) is 7.36. The number of carbonyl (C=O) groups is 1. The Balaban J connectivity index is 2.01. The number of aromatic nitrogens is 1. The molecular formula is C11H15N3O. The van der Waals surface area contributed by atoms with Crippen molar-refractivity contribution >= 4 is 11.7 Å². The van der Waals surface area contributed by atoms with Crippen LogP contribution in [0.3, 0.4) is 0 Å². The van der Waals surface area contributed by atoms with E-state index in [1.54, 1.807) is 6.20 Å². The predicted octanol–water partition coefficient (Wildman–Crippen LogP) is 1.16. The van der Waals surface area contributed by atoms with E-state index in [0.717, 1.165) is 31.6 Å². The van der Waals surface area contributed by atoms with Crippen LogP contribution < -0.4 is 10.6 Å². The summed E-state index contributed by atoms with van der Waals surface area (Å²) in [6.45, 7) is 0.791. The SMILES string of the molecule is O=C1NCCCC[C@@H]1Nc1ccccn1. The third-order valence-electron chi connectivity index (χ3n) is 2.52. The first-order valence-corrected chi connectivity index (χ1v) is 5.31. The lowest BCUT2D eigenvalue weighted by molar-refractivity contribution is -0.121. The zero-order chi connectivity index (χ0) is 10.5. The molecule has 2 N–H and O–H groups in total. The number of nitrogens with one attached hydrogen (secondary N) is 2. The first kappa shape index (κ1) is 9.96. The molecule has 1 atom stereocenters. The minimum Gasteiger partial charge on any atom is -0.358 e. The fourth-order valence-electron chi connectivity index (χ4n) is 1.70. The molecule has 1 saturated heterocycles. The van der Waals surface area contributed by atoms with Gasteiger partial charge in [0.15, 0.2) is 0 Å². The Morgan fingerprint density at radius 2 is 2.33 bits per heavy atom. The van der Waals surface area contributed by atoms with E-state index in [9.17, 15) is 4.79 Å². The highest BCUT2D eigenvalue weighted by Gasteiger charge is 2.20. The summed E-state index contributed by atoms with van der Waals surface area (Å²) >= 11 is 0. The van der Waals surface area contributed by atoms with Crippen LogP contribution in [0.1, 0.15) is 19.3 Å². The second-order valence-electron chi connectivity index (χ2n) is 3.70. The number of nitrogens with zero attached hydrogens (tertiary/aromatic N) is 1. The molecule has 0 spiro atoms. The average Bonchev–Trinajstić information content (AvgIpc) is 2.46. The molecule has 0 aromatic carbocycles. The van der Waals surface area contributed by atoms with Crippen LogP contribution >= 0.6 is 0 Å². The monoisotopic (exact) mass is 205 g/mol. The summed E-state index contributed by atoms with van der Waals surface area (Å²) < 4.78 is 0. The lowest BCUT2D eigenvalue weighted by Crippen LogP contribution is -2.38. The number of carbonyl (C=O) groups excluding carboxylic acids is 1. The highest BCUT2D eigenvalue weighted by atomic mass is 16.2. The summed E-state index contributed by atoms with van der Waals surface area (Å²) in [7, 11) is 0. The second-order valence-corrected chi connectivity index (χ2v) is 3.70. The quantitative estimate of drug-likeness (QED) is 0.761. The zero-order valence-electron chi connectivity index (χ0n) is 8.57. The molecule has 0 saturated carbocycles. The lowest BCUT2D eigenvalue weighted by atomic mass is 10.1. The fraction of sp³-hybridized carbons (Fsp3) is 0.455. The van der Waals surface area contributed by atoms with E-state index in [1.807, 2.05) is 18.2 Å². The fourth-order valence-corrected chi connectivity index (χ4v) is 1.70. The van der Waals surface area contributed by atoms with Gasteiger partial charge >= 0.3 is 0 Å². The molecule has 0 unspecified atom stereocenters. The van der Waals surface area contributed by atoms with Crippen molar-refractivity contribution in [2.24, 2.45) is 0 Å². The largest absolute Gasteiger partial charge is 0.358 e. The standard InChI is InChI=1S/C11H15N3O/c15-11-9(5-1-3-8-13-11)14-10-6-2-4-7-12-10/h2,4,6-7,9H,1,3,5,8H2,(H,12,14)(H,13,15)/t9-/m0/s1. The highest BCUT2D eigenvalue weighted by Crippen LogP contribution is 2.10. The minimum absolute atomic E-state index is 0.0816. The number of hydrogen-bond donors (Lipinski definition) is 2. The summed E-state index contributed by atoms with van der Waals surface area (Å²) in [6.07, 6.45) is 4.73. The van der Waals surface area contributed by atoms with Crippen molar-refractivity contribution in [3.63, 3.8) is 0 Å². The van der Waals surface area contributed by atoms with Gasteiger partial charge in [0.1, 0.15) is 11.9 Å². The molecule has 4 nitrogen and oxygen atoms in total. The molecule has 1 aliphatic heterocycles. The molecule has 1 aromatic rings. The number of anilines is 1. The van der Waals surface area contributed by atoms with Crippen molar-refractivity contribution in [1.29, 1.82) is 0 Å². The molecule has 1 fully saturated rings. The van der Waals surface area contributed by atoms with E-state index in [0.29, 0.717) is 0 Å². The number of rotatable bonds is 2. The Morgan fingerprint density at radius 3 is 3.13 bits per heavy atom. The van der Waals surface area contributed by atoms with E-state index in [2.05, 4.69) is 15.6 Å². The summed E-state index contributed by atoms with van der Waals surface area (Å²) in [5, 5.41) is 6.03. The zero-order valence-corrected chi connectivity index (χ0v) is 8.57. The third kappa shape index (κ3) is 2.68. The van der Waals surface area contributed by atoms with Crippen LogP contribution in [0.2, 0.25) is 0 Å². The summed E-state index contributed by atoms with van der Waals surface area (Å²) in [5.74, 6) is 0.845. The van der Waals surface area contributed by atoms with Crippen molar-refractivity contribution in [1.82, 2.24) is 10.3 Å². The average molecular weight is 205 g/mol. The van der Waals surface area contributed by atoms with Crippen LogP contribution in [-0.4, -0.2) is 23.5 Å². The van der Waals surface area contributed by atoms with Crippen molar-refractivity contribution in [3.8, 4) is 0 Å². The Morgan fingerprint density at radius 1 is 1.40 bits per heavy atom. The molecule has 1 amide bonds. The minimum atomic E-state index is -0.137. The molecule has 0 bridgehead atoms. The van der Waals surface area contributed by atoms with Gasteiger partial charge in [-0.3, -0.25) is 4.79 Å². The predicted molar refractivity (Wildman–Crippen MR) is 58.5 cm³/mol. The molecule has 4 heteroatoms. The van der Waals surface area contributed by atoms with Crippen LogP contribution in [0.4, 0.5) is 5.82 Å². The maximum absolute atomic E-state index is 11.6. The maximum atomic E-state index is 11.6. The second kappa shape index (κ2) is 4.77. The van der Waals surface area contributed by atoms with Crippen molar-refractivity contribution in [3.05, 3.63) is 24.4 Å². The smallest absolute Gasteiger partial charge is 0.242 e. The third-order valence-corrected chi connectivity index (χ3v) is 2.52. The first-order valence-electron chi connectivity index (χ1n) is 5.31. The van der Waals surface area contributed by atoms with Crippen LogP contribution in [0.25, 0.3) is 0 Å². The molecule has 2 heterocycles. The summed E-state index contributed by atoms with van der Waals surface area (Å²) in [5.41, 5.74) is 0. The molecular weight excluding hydrogens is 190 g/mol. The van der Waals surface area contributed by atoms with E-state index in [4.69, 9.17) is 0 Å². The Hall–Kier alpha value is -1.58. The van der Waals surface area contributed by atoms with Crippen molar-refractivity contribution < 1.29 is 4.79 Å². The normalized spacial score (nSPS) is 21.6. The number of hydrogen-bond acceptors (Lipinski definition) is 3. The van der Waals surface area contributed by atoms with Crippen LogP contribution in [-0.2, 0) is 4.79 Å². The van der Waals surface area contributed by atoms with Gasteiger partial charge in [-0.15, -0.1) is 0 Å². The molecule has 0 radical (unpaired) electrons. The Kier molecular flexibility index (Phi) is 3.17. The molecule has 2 rings (SSSR count). The Labute approximate surface area is 89.1 Å². The molecule has 1 aromatic heterocycles. The van der Waals surface area contributed by atoms with Gasteiger partial charge < -0.3 is 10.6 Å². The van der Waals surface area contributed by atoms with Gasteiger partial charge in [0, 0.05) is 12.7 Å². The molecule has 80 valence electrons. The number of pyridine rings is 1. The van der Waals surface area contributed by atoms with E-state index < -0.39 is 0 Å². The highest BCUT2D eigenvalue weighted by molar-refractivity contribution is 5.84. The van der Waals surface area contributed by atoms with Gasteiger partial charge in [0.25, 0.3) is 0 Å². The van der Waals surface area contributed by atoms with E-state index in [-0.39, 0.29) is 11.9 Å². The van der Waals surface area contributed by atoms with Crippen LogP contribution in [0.5, 0.6) is 0 Å². The van der Waals surface area contributed by atoms with Crippen molar-refractivity contribution in [2.75, 3.05) is 11.9 Å². The number of amides is 1. The van der Waals surface area contributed by atoms with E-state index in [1.165, 1.54) is 0 Å². The Bertz CT molecular complexity index is 326. The van der Waals surface area contributed by atoms with Gasteiger partial charge in [0.05, 0.1) is 0 Å². The van der Waals surface area contributed by atoms with Crippen molar-refractivity contribution in [2.45, 2.75) is 25.3 Å². The van der Waals surface area contributed by atoms with Gasteiger partial charge in [-0.05, 0) is 31.4 Å². The van der Waals surface area contributed by atoms with E-state index >= 15 is 0 Å². The van der Waals surface area contributed by atoms with Gasteiger partial charge in [-0.25, -0.2) is 4.98 Å². The summed E-state index contributed by atoms with van der Waals surface area (Å²) in [6, 6.07) is 5.50. The molecule has 1 aliphatic rings. The summed E-state index contributed by atoms with van der Waals surface area (Å²) in [4.78, 5) is 15.8. The molecule has 15 heavy (non-hydrogen) atoms.